The summed E-state index contributed by atoms with van der Waals surface area (Å²) in [5.41, 5.74) is 0.886. The summed E-state index contributed by atoms with van der Waals surface area (Å²) < 4.78 is 10.8. The first-order chi connectivity index (χ1) is 11.9. The maximum absolute atomic E-state index is 12.6. The second-order valence-electron chi connectivity index (χ2n) is 4.97. The molecule has 0 atom stereocenters. The highest BCUT2D eigenvalue weighted by Crippen LogP contribution is 2.29. The minimum Gasteiger partial charge on any atom is -0.478 e. The molecule has 0 saturated carbocycles. The normalized spacial score (nSPS) is 15.5. The number of nitriles is 1. The molecule has 1 aliphatic rings. The lowest BCUT2D eigenvalue weighted by Crippen LogP contribution is -2.36. The first-order valence-electron chi connectivity index (χ1n) is 7.06. The minimum absolute atomic E-state index is 0.117. The summed E-state index contributed by atoms with van der Waals surface area (Å²) >= 11 is 8.59. The molecule has 0 unspecified atom stereocenters. The van der Waals surface area contributed by atoms with Crippen LogP contribution in [0.25, 0.3) is 6.08 Å². The molecule has 1 aliphatic heterocycles. The molecule has 1 aromatic rings. The lowest BCUT2D eigenvalue weighted by molar-refractivity contribution is -0.143. The largest absolute Gasteiger partial charge is 0.478 e. The summed E-state index contributed by atoms with van der Waals surface area (Å²) in [5, 5.41) is 8.89. The number of benzene rings is 1. The van der Waals surface area contributed by atoms with Crippen LogP contribution in [0.4, 0.5) is 0 Å². The molecule has 2 rings (SSSR count). The number of esters is 1. The average Bonchev–Trinajstić information content (AvgIpc) is 2.79. The topological polar surface area (TPSA) is 82.9 Å². The van der Waals surface area contributed by atoms with Gasteiger partial charge in [0.05, 0.1) is 7.11 Å². The standard InChI is InChI=1S/C16H14BrN3O4S/c1-19-12(15(22)20(16(19)25)9-14(21)23-2)8-10-7-11(17)3-4-13(10)24-6-5-18/h3-4,7-8H,6,9H2,1-2H3/b12-8-. The Morgan fingerprint density at radius 2 is 2.20 bits per heavy atom. The molecular weight excluding hydrogens is 410 g/mol. The van der Waals surface area contributed by atoms with Crippen LogP contribution in [0.15, 0.2) is 28.4 Å². The number of methoxy groups -OCH3 is 1. The maximum atomic E-state index is 12.6. The number of hydrogen-bond donors (Lipinski definition) is 0. The number of rotatable bonds is 5. The summed E-state index contributed by atoms with van der Waals surface area (Å²) in [6.45, 7) is -0.374. The van der Waals surface area contributed by atoms with E-state index in [-0.39, 0.29) is 24.0 Å². The van der Waals surface area contributed by atoms with Gasteiger partial charge in [0.2, 0.25) is 0 Å². The van der Waals surface area contributed by atoms with Crippen LogP contribution >= 0.6 is 28.1 Å². The Kier molecular flexibility index (Phi) is 6.12. The van der Waals surface area contributed by atoms with E-state index in [1.165, 1.54) is 16.9 Å². The van der Waals surface area contributed by atoms with Crippen molar-refractivity contribution in [2.75, 3.05) is 27.3 Å². The smallest absolute Gasteiger partial charge is 0.325 e. The van der Waals surface area contributed by atoms with Crippen molar-refractivity contribution in [3.8, 4) is 11.8 Å². The summed E-state index contributed by atoms with van der Waals surface area (Å²) in [6, 6.07) is 7.11. The van der Waals surface area contributed by atoms with Crippen LogP contribution in [-0.4, -0.2) is 54.1 Å². The first kappa shape index (κ1) is 18.9. The molecule has 1 amide bonds. The molecule has 0 aromatic heterocycles. The molecule has 1 heterocycles. The molecule has 0 N–H and O–H groups in total. The zero-order valence-electron chi connectivity index (χ0n) is 13.5. The fourth-order valence-corrected chi connectivity index (χ4v) is 2.79. The molecule has 1 fully saturated rings. The van der Waals surface area contributed by atoms with E-state index in [9.17, 15) is 9.59 Å². The molecule has 1 saturated heterocycles. The van der Waals surface area contributed by atoms with Gasteiger partial charge in [-0.25, -0.2) is 0 Å². The number of amides is 1. The van der Waals surface area contributed by atoms with Crippen molar-refractivity contribution >= 4 is 51.2 Å². The van der Waals surface area contributed by atoms with Crippen molar-refractivity contribution in [3.05, 3.63) is 33.9 Å². The molecule has 1 aromatic carbocycles. The number of hydrogen-bond acceptors (Lipinski definition) is 6. The molecular formula is C16H14BrN3O4S. The van der Waals surface area contributed by atoms with Crippen LogP contribution in [0.3, 0.4) is 0 Å². The third-order valence-corrected chi connectivity index (χ3v) is 4.40. The van der Waals surface area contributed by atoms with E-state index in [4.69, 9.17) is 22.2 Å². The van der Waals surface area contributed by atoms with Gasteiger partial charge in [-0.2, -0.15) is 5.26 Å². The zero-order valence-corrected chi connectivity index (χ0v) is 15.9. The quantitative estimate of drug-likeness (QED) is 0.406. The molecule has 0 radical (unpaired) electrons. The molecule has 0 aliphatic carbocycles. The number of likely N-dealkylation sites (N-methyl/N-ethyl adjacent to an activating group) is 1. The Bertz CT molecular complexity index is 803. The van der Waals surface area contributed by atoms with E-state index < -0.39 is 11.9 Å². The summed E-state index contributed by atoms with van der Waals surface area (Å²) in [7, 11) is 2.88. The van der Waals surface area contributed by atoms with Crippen molar-refractivity contribution in [2.24, 2.45) is 0 Å². The van der Waals surface area contributed by atoms with Crippen LogP contribution in [0.2, 0.25) is 0 Å². The van der Waals surface area contributed by atoms with Gasteiger partial charge in [0, 0.05) is 17.1 Å². The SMILES string of the molecule is COC(=O)CN1C(=O)/C(=C/c2cc(Br)ccc2OCC#N)N(C)C1=S. The fourth-order valence-electron chi connectivity index (χ4n) is 2.17. The Balaban J connectivity index is 2.39. The van der Waals surface area contributed by atoms with Gasteiger partial charge in [-0.15, -0.1) is 0 Å². The monoisotopic (exact) mass is 423 g/mol. The molecule has 0 bridgehead atoms. The van der Waals surface area contributed by atoms with E-state index >= 15 is 0 Å². The average molecular weight is 424 g/mol. The van der Waals surface area contributed by atoms with Crippen LogP contribution in [0.1, 0.15) is 5.56 Å². The lowest BCUT2D eigenvalue weighted by Gasteiger charge is -2.14. The minimum atomic E-state index is -0.564. The lowest BCUT2D eigenvalue weighted by atomic mass is 10.1. The third kappa shape index (κ3) is 4.15. The second-order valence-corrected chi connectivity index (χ2v) is 6.25. The van der Waals surface area contributed by atoms with Crippen molar-refractivity contribution in [1.82, 2.24) is 9.80 Å². The number of nitrogens with zero attached hydrogens (tertiary/aromatic N) is 3. The molecule has 7 nitrogen and oxygen atoms in total. The fraction of sp³-hybridized carbons (Fsp3) is 0.250. The Labute approximate surface area is 158 Å². The summed E-state index contributed by atoms with van der Waals surface area (Å²) in [6.07, 6.45) is 1.60. The van der Waals surface area contributed by atoms with Gasteiger partial charge >= 0.3 is 5.97 Å². The van der Waals surface area contributed by atoms with Crippen LogP contribution < -0.4 is 4.74 Å². The number of thiocarbonyl (C=S) groups is 1. The number of carbonyl (C=O) groups excluding carboxylic acids is 2. The third-order valence-electron chi connectivity index (χ3n) is 3.41. The first-order valence-corrected chi connectivity index (χ1v) is 8.26. The van der Waals surface area contributed by atoms with E-state index in [1.54, 1.807) is 31.3 Å². The second kappa shape index (κ2) is 8.09. The summed E-state index contributed by atoms with van der Waals surface area (Å²) in [4.78, 5) is 26.8. The number of ether oxygens (including phenoxy) is 2. The predicted molar refractivity (Wildman–Crippen MR) is 97.3 cm³/mol. The number of halogens is 1. The van der Waals surface area contributed by atoms with Gasteiger partial charge in [0.1, 0.15) is 24.1 Å². The predicted octanol–water partition coefficient (Wildman–Crippen LogP) is 1.92. The Morgan fingerprint density at radius 3 is 2.84 bits per heavy atom. The van der Waals surface area contributed by atoms with Gasteiger partial charge in [-0.3, -0.25) is 14.5 Å². The van der Waals surface area contributed by atoms with Gasteiger partial charge in [0.25, 0.3) is 5.91 Å². The summed E-state index contributed by atoms with van der Waals surface area (Å²) in [5.74, 6) is -0.522. The highest BCUT2D eigenvalue weighted by atomic mass is 79.9. The highest BCUT2D eigenvalue weighted by Gasteiger charge is 2.37. The van der Waals surface area contributed by atoms with Gasteiger partial charge in [-0.1, -0.05) is 15.9 Å². The van der Waals surface area contributed by atoms with Crippen molar-refractivity contribution in [3.63, 3.8) is 0 Å². The van der Waals surface area contributed by atoms with Crippen molar-refractivity contribution in [2.45, 2.75) is 0 Å². The van der Waals surface area contributed by atoms with Crippen molar-refractivity contribution in [1.29, 1.82) is 5.26 Å². The van der Waals surface area contributed by atoms with E-state index in [2.05, 4.69) is 20.7 Å². The molecule has 130 valence electrons. The van der Waals surface area contributed by atoms with E-state index in [0.717, 1.165) is 4.47 Å². The molecule has 25 heavy (non-hydrogen) atoms. The molecule has 0 spiro atoms. The van der Waals surface area contributed by atoms with Crippen LogP contribution in [0.5, 0.6) is 5.75 Å². The van der Waals surface area contributed by atoms with Crippen molar-refractivity contribution < 1.29 is 19.1 Å². The Morgan fingerprint density at radius 1 is 1.48 bits per heavy atom. The number of carbonyl (C=O) groups is 2. The van der Waals surface area contributed by atoms with Gasteiger partial charge in [-0.05, 0) is 36.5 Å². The van der Waals surface area contributed by atoms with Gasteiger partial charge in [0.15, 0.2) is 11.7 Å². The van der Waals surface area contributed by atoms with E-state index in [1.807, 2.05) is 6.07 Å². The molecule has 9 heteroatoms. The van der Waals surface area contributed by atoms with E-state index in [0.29, 0.717) is 11.3 Å². The zero-order chi connectivity index (χ0) is 18.6. The highest BCUT2D eigenvalue weighted by molar-refractivity contribution is 9.10. The van der Waals surface area contributed by atoms with Crippen LogP contribution in [0, 0.1) is 11.3 Å². The van der Waals surface area contributed by atoms with Crippen LogP contribution in [-0.2, 0) is 14.3 Å². The maximum Gasteiger partial charge on any atom is 0.325 e. The van der Waals surface area contributed by atoms with Gasteiger partial charge < -0.3 is 14.4 Å². The Hall–Kier alpha value is -2.44.